The van der Waals surface area contributed by atoms with Gasteiger partial charge >= 0.3 is 0 Å². The van der Waals surface area contributed by atoms with Crippen molar-refractivity contribution in [1.29, 1.82) is 0 Å². The Morgan fingerprint density at radius 3 is 2.32 bits per heavy atom. The van der Waals surface area contributed by atoms with Crippen molar-refractivity contribution in [3.05, 3.63) is 64.1 Å². The van der Waals surface area contributed by atoms with Gasteiger partial charge in [0.15, 0.2) is 0 Å². The molecule has 3 heteroatoms. The molecule has 2 aromatic carbocycles. The first-order valence-electron chi connectivity index (χ1n) is 6.26. The van der Waals surface area contributed by atoms with Crippen LogP contribution in [0, 0.1) is 5.92 Å². The molecule has 0 aliphatic carbocycles. The highest BCUT2D eigenvalue weighted by molar-refractivity contribution is 9.10. The molecule has 2 rings (SSSR count). The minimum atomic E-state index is 0.303. The van der Waals surface area contributed by atoms with Gasteiger partial charge in [0.25, 0.3) is 0 Å². The second kappa shape index (κ2) is 6.97. The molecule has 2 aromatic rings. The van der Waals surface area contributed by atoms with Gasteiger partial charge < -0.3 is 5.11 Å². The molecule has 0 aliphatic heterocycles. The van der Waals surface area contributed by atoms with Gasteiger partial charge in [-0.25, -0.2) is 0 Å². The summed E-state index contributed by atoms with van der Waals surface area (Å²) in [5.74, 6) is 1.32. The summed E-state index contributed by atoms with van der Waals surface area (Å²) in [5, 5.41) is 9.29. The molecule has 0 saturated heterocycles. The molecule has 1 unspecified atom stereocenters. The molecule has 0 spiro atoms. The fourth-order valence-electron chi connectivity index (χ4n) is 2.12. The highest BCUT2D eigenvalue weighted by atomic mass is 79.9. The SMILES string of the molecule is Oc1ccc(CC(CCl)Cc2ccccc2Br)cc1. The van der Waals surface area contributed by atoms with Gasteiger partial charge in [0, 0.05) is 10.4 Å². The third kappa shape index (κ3) is 4.26. The van der Waals surface area contributed by atoms with E-state index in [-0.39, 0.29) is 0 Å². The summed E-state index contributed by atoms with van der Waals surface area (Å²) in [6.07, 6.45) is 1.87. The van der Waals surface area contributed by atoms with E-state index < -0.39 is 0 Å². The third-order valence-corrected chi connectivity index (χ3v) is 4.36. The lowest BCUT2D eigenvalue weighted by Crippen LogP contribution is -2.10. The van der Waals surface area contributed by atoms with E-state index >= 15 is 0 Å². The van der Waals surface area contributed by atoms with Crippen molar-refractivity contribution in [2.45, 2.75) is 12.8 Å². The maximum atomic E-state index is 9.29. The number of benzene rings is 2. The number of alkyl halides is 1. The van der Waals surface area contributed by atoms with Gasteiger partial charge in [-0.05, 0) is 48.1 Å². The van der Waals surface area contributed by atoms with Crippen molar-refractivity contribution in [1.82, 2.24) is 0 Å². The average Bonchev–Trinajstić information content (AvgIpc) is 2.43. The summed E-state index contributed by atoms with van der Waals surface area (Å²) >= 11 is 9.66. The lowest BCUT2D eigenvalue weighted by molar-refractivity contribution is 0.474. The number of hydrogen-bond donors (Lipinski definition) is 1. The van der Waals surface area contributed by atoms with Gasteiger partial charge in [0.05, 0.1) is 0 Å². The second-order valence-corrected chi connectivity index (χ2v) is 5.85. The lowest BCUT2D eigenvalue weighted by Gasteiger charge is -2.15. The number of phenols is 1. The topological polar surface area (TPSA) is 20.2 Å². The zero-order valence-corrected chi connectivity index (χ0v) is 12.9. The normalized spacial score (nSPS) is 12.3. The van der Waals surface area contributed by atoms with Crippen molar-refractivity contribution in [3.63, 3.8) is 0 Å². The molecule has 0 amide bonds. The van der Waals surface area contributed by atoms with Gasteiger partial charge in [-0.15, -0.1) is 11.6 Å². The van der Waals surface area contributed by atoms with E-state index in [0.717, 1.165) is 17.3 Å². The van der Waals surface area contributed by atoms with Gasteiger partial charge in [-0.3, -0.25) is 0 Å². The predicted octanol–water partition coefficient (Wildman–Crippen LogP) is 4.79. The van der Waals surface area contributed by atoms with E-state index in [1.165, 1.54) is 11.1 Å². The molecule has 0 saturated carbocycles. The Hall–Kier alpha value is -0.990. The van der Waals surface area contributed by atoms with Crippen molar-refractivity contribution in [2.75, 3.05) is 5.88 Å². The number of aromatic hydroxyl groups is 1. The maximum absolute atomic E-state index is 9.29. The van der Waals surface area contributed by atoms with E-state index in [0.29, 0.717) is 17.5 Å². The Bertz CT molecular complexity index is 525. The summed E-state index contributed by atoms with van der Waals surface area (Å²) in [6, 6.07) is 15.6. The largest absolute Gasteiger partial charge is 0.508 e. The molecular formula is C16H16BrClO. The number of rotatable bonds is 5. The van der Waals surface area contributed by atoms with Crippen LogP contribution in [0.25, 0.3) is 0 Å². The first-order chi connectivity index (χ1) is 9.19. The lowest BCUT2D eigenvalue weighted by atomic mass is 9.94. The molecule has 0 fully saturated rings. The molecule has 0 aromatic heterocycles. The Morgan fingerprint density at radius 2 is 1.68 bits per heavy atom. The molecule has 1 N–H and O–H groups in total. The van der Waals surface area contributed by atoms with E-state index in [1.54, 1.807) is 12.1 Å². The number of phenolic OH excluding ortho intramolecular Hbond substituents is 1. The van der Waals surface area contributed by atoms with E-state index in [9.17, 15) is 5.11 Å². The molecule has 0 bridgehead atoms. The third-order valence-electron chi connectivity index (χ3n) is 3.15. The standard InChI is InChI=1S/C16H16BrClO/c17-16-4-2-1-3-14(16)10-13(11-18)9-12-5-7-15(19)8-6-12/h1-8,13,19H,9-11H2. The molecule has 0 radical (unpaired) electrons. The monoisotopic (exact) mass is 338 g/mol. The summed E-state index contributed by atoms with van der Waals surface area (Å²) in [5.41, 5.74) is 2.49. The Kier molecular flexibility index (Phi) is 5.29. The van der Waals surface area contributed by atoms with Crippen molar-refractivity contribution >= 4 is 27.5 Å². The van der Waals surface area contributed by atoms with Crippen LogP contribution >= 0.6 is 27.5 Å². The Labute approximate surface area is 127 Å². The predicted molar refractivity (Wildman–Crippen MR) is 83.9 cm³/mol. The minimum absolute atomic E-state index is 0.303. The van der Waals surface area contributed by atoms with Crippen LogP contribution in [0.15, 0.2) is 53.0 Å². The van der Waals surface area contributed by atoms with Crippen LogP contribution < -0.4 is 0 Å². The minimum Gasteiger partial charge on any atom is -0.508 e. The Balaban J connectivity index is 2.05. The first kappa shape index (κ1) is 14.4. The summed E-state index contributed by atoms with van der Waals surface area (Å²) in [7, 11) is 0. The van der Waals surface area contributed by atoms with Crippen LogP contribution in [0.5, 0.6) is 5.75 Å². The zero-order chi connectivity index (χ0) is 13.7. The molecule has 19 heavy (non-hydrogen) atoms. The number of hydrogen-bond acceptors (Lipinski definition) is 1. The van der Waals surface area contributed by atoms with Crippen molar-refractivity contribution in [3.8, 4) is 5.75 Å². The first-order valence-corrected chi connectivity index (χ1v) is 7.59. The zero-order valence-electron chi connectivity index (χ0n) is 10.5. The maximum Gasteiger partial charge on any atom is 0.115 e. The van der Waals surface area contributed by atoms with Crippen LogP contribution in [-0.2, 0) is 12.8 Å². The fourth-order valence-corrected chi connectivity index (χ4v) is 2.79. The highest BCUT2D eigenvalue weighted by Gasteiger charge is 2.11. The second-order valence-electron chi connectivity index (χ2n) is 4.69. The number of halogens is 2. The smallest absolute Gasteiger partial charge is 0.115 e. The van der Waals surface area contributed by atoms with Gasteiger partial charge in [0.2, 0.25) is 0 Å². The van der Waals surface area contributed by atoms with E-state index in [4.69, 9.17) is 11.6 Å². The van der Waals surface area contributed by atoms with Gasteiger partial charge in [-0.2, -0.15) is 0 Å². The van der Waals surface area contributed by atoms with Crippen LogP contribution in [-0.4, -0.2) is 11.0 Å². The van der Waals surface area contributed by atoms with Crippen molar-refractivity contribution in [2.24, 2.45) is 5.92 Å². The van der Waals surface area contributed by atoms with Crippen LogP contribution in [0.2, 0.25) is 0 Å². The van der Waals surface area contributed by atoms with Crippen LogP contribution in [0.1, 0.15) is 11.1 Å². The van der Waals surface area contributed by atoms with E-state index in [2.05, 4.69) is 28.1 Å². The summed E-state index contributed by atoms with van der Waals surface area (Å²) < 4.78 is 1.14. The molecule has 0 heterocycles. The van der Waals surface area contributed by atoms with Crippen molar-refractivity contribution < 1.29 is 5.11 Å². The Morgan fingerprint density at radius 1 is 1.00 bits per heavy atom. The molecule has 0 aliphatic rings. The van der Waals surface area contributed by atoms with Gasteiger partial charge in [0.1, 0.15) is 5.75 Å². The summed E-state index contributed by atoms with van der Waals surface area (Å²) in [6.45, 7) is 0. The van der Waals surface area contributed by atoms with Crippen LogP contribution in [0.4, 0.5) is 0 Å². The summed E-state index contributed by atoms with van der Waals surface area (Å²) in [4.78, 5) is 0. The molecular weight excluding hydrogens is 324 g/mol. The van der Waals surface area contributed by atoms with E-state index in [1.807, 2.05) is 24.3 Å². The highest BCUT2D eigenvalue weighted by Crippen LogP contribution is 2.23. The molecule has 100 valence electrons. The fraction of sp³-hybridized carbons (Fsp3) is 0.250. The average molecular weight is 340 g/mol. The molecule has 1 atom stereocenters. The van der Waals surface area contributed by atoms with Gasteiger partial charge in [-0.1, -0.05) is 46.3 Å². The quantitative estimate of drug-likeness (QED) is 0.776. The molecule has 1 nitrogen and oxygen atoms in total. The van der Waals surface area contributed by atoms with Crippen LogP contribution in [0.3, 0.4) is 0 Å².